The number of hydrogen-bond donors (Lipinski definition) is 2. The van der Waals surface area contributed by atoms with Crippen LogP contribution in [0.15, 0.2) is 65.7 Å². The third kappa shape index (κ3) is 3.13. The number of halogens is 1. The van der Waals surface area contributed by atoms with Gasteiger partial charge in [-0.1, -0.05) is 12.1 Å². The van der Waals surface area contributed by atoms with Crippen molar-refractivity contribution in [2.45, 2.75) is 6.42 Å². The van der Waals surface area contributed by atoms with Crippen molar-refractivity contribution in [2.75, 3.05) is 17.6 Å². The molecular weight excluding hydrogens is 392 g/mol. The second-order valence-corrected chi connectivity index (χ2v) is 6.62. The molecule has 0 atom stereocenters. The molecule has 0 amide bonds. The molecule has 0 aromatic carbocycles. The molecule has 0 fully saturated rings. The Kier molecular flexibility index (Phi) is 4.53. The number of pyridine rings is 2. The van der Waals surface area contributed by atoms with Crippen LogP contribution in [-0.2, 0) is 6.42 Å². The summed E-state index contributed by atoms with van der Waals surface area (Å²) in [4.78, 5) is 12.7. The molecule has 0 radical (unpaired) electrons. The molecule has 0 saturated carbocycles. The third-order valence-corrected chi connectivity index (χ3v) is 4.95. The monoisotopic (exact) mass is 408 g/mol. The van der Waals surface area contributed by atoms with E-state index >= 15 is 0 Å². The molecule has 0 spiro atoms. The minimum atomic E-state index is 0.422. The Morgan fingerprint density at radius 2 is 1.96 bits per heavy atom. The number of aromatic nitrogens is 4. The van der Waals surface area contributed by atoms with Crippen LogP contribution in [0.25, 0.3) is 16.9 Å². The molecule has 4 aromatic heterocycles. The Bertz CT molecular complexity index is 1040. The molecule has 4 heterocycles. The van der Waals surface area contributed by atoms with Gasteiger partial charge in [0.2, 0.25) is 0 Å². The molecule has 7 heteroatoms. The first-order chi connectivity index (χ1) is 12.7. The topological polar surface area (TPSA) is 81.1 Å². The second-order valence-electron chi connectivity index (χ2n) is 5.83. The Balaban J connectivity index is 1.63. The highest BCUT2D eigenvalue weighted by Crippen LogP contribution is 2.27. The van der Waals surface area contributed by atoms with Gasteiger partial charge >= 0.3 is 0 Å². The van der Waals surface area contributed by atoms with Gasteiger partial charge in [-0.3, -0.25) is 4.98 Å². The van der Waals surface area contributed by atoms with Crippen LogP contribution in [0, 0.1) is 0 Å². The molecule has 4 aromatic rings. The molecule has 3 N–H and O–H groups in total. The van der Waals surface area contributed by atoms with Gasteiger partial charge in [-0.2, -0.15) is 0 Å². The van der Waals surface area contributed by atoms with E-state index in [2.05, 4.69) is 58.9 Å². The Hall–Kier alpha value is -2.93. The number of fused-ring (bicyclic) bond motifs is 1. The number of nitrogens with one attached hydrogen (secondary N) is 1. The van der Waals surface area contributed by atoms with Gasteiger partial charge in [-0.15, -0.1) is 0 Å². The fourth-order valence-corrected chi connectivity index (χ4v) is 3.33. The normalized spacial score (nSPS) is 11.0. The summed E-state index contributed by atoms with van der Waals surface area (Å²) in [6.45, 7) is 0.714. The fourth-order valence-electron chi connectivity index (χ4n) is 2.98. The standard InChI is InChI=1S/C19H17BrN6/c20-16-18(21)24-12-25-19(16)23-9-7-13-11-14-5-2-4-10-26(14)17(13)15-6-1-3-8-22-15/h1-6,8,10-12H,7,9H2,(H3,21,23,24,25). The van der Waals surface area contributed by atoms with E-state index in [1.165, 1.54) is 11.9 Å². The van der Waals surface area contributed by atoms with Gasteiger partial charge in [0.1, 0.15) is 22.4 Å². The van der Waals surface area contributed by atoms with Crippen molar-refractivity contribution < 1.29 is 0 Å². The van der Waals surface area contributed by atoms with Crippen LogP contribution in [0.2, 0.25) is 0 Å². The van der Waals surface area contributed by atoms with Crippen LogP contribution in [0.4, 0.5) is 11.6 Å². The van der Waals surface area contributed by atoms with E-state index in [9.17, 15) is 0 Å². The lowest BCUT2D eigenvalue weighted by Gasteiger charge is -2.09. The number of nitrogen functional groups attached to an aromatic ring is 1. The highest BCUT2D eigenvalue weighted by molar-refractivity contribution is 9.10. The van der Waals surface area contributed by atoms with E-state index in [1.807, 2.05) is 36.5 Å². The van der Waals surface area contributed by atoms with E-state index in [0.29, 0.717) is 22.7 Å². The molecule has 0 aliphatic carbocycles. The van der Waals surface area contributed by atoms with Gasteiger partial charge in [-0.25, -0.2) is 9.97 Å². The summed E-state index contributed by atoms with van der Waals surface area (Å²) in [6.07, 6.45) is 6.16. The summed E-state index contributed by atoms with van der Waals surface area (Å²) in [5, 5.41) is 3.32. The molecule has 0 aliphatic rings. The van der Waals surface area contributed by atoms with Crippen molar-refractivity contribution in [3.63, 3.8) is 0 Å². The van der Waals surface area contributed by atoms with Gasteiger partial charge in [0.05, 0.1) is 11.4 Å². The average Bonchev–Trinajstić information content (AvgIpc) is 3.04. The summed E-state index contributed by atoms with van der Waals surface area (Å²) in [6, 6.07) is 14.3. The SMILES string of the molecule is Nc1ncnc(NCCc2cc3ccccn3c2-c2ccccn2)c1Br. The van der Waals surface area contributed by atoms with Crippen molar-refractivity contribution in [1.82, 2.24) is 19.4 Å². The van der Waals surface area contributed by atoms with Crippen molar-refractivity contribution in [2.24, 2.45) is 0 Å². The molecule has 0 bridgehead atoms. The summed E-state index contributed by atoms with van der Waals surface area (Å²) < 4.78 is 2.86. The molecule has 0 unspecified atom stereocenters. The highest BCUT2D eigenvalue weighted by Gasteiger charge is 2.13. The van der Waals surface area contributed by atoms with Crippen LogP contribution in [0.5, 0.6) is 0 Å². The first-order valence-corrected chi connectivity index (χ1v) is 9.03. The number of nitrogens with two attached hydrogens (primary N) is 1. The summed E-state index contributed by atoms with van der Waals surface area (Å²) in [7, 11) is 0. The van der Waals surface area contributed by atoms with Crippen molar-refractivity contribution in [1.29, 1.82) is 0 Å². The molecular formula is C19H17BrN6. The predicted molar refractivity (Wildman–Crippen MR) is 107 cm³/mol. The quantitative estimate of drug-likeness (QED) is 0.524. The first-order valence-electron chi connectivity index (χ1n) is 8.24. The Morgan fingerprint density at radius 3 is 2.81 bits per heavy atom. The molecule has 130 valence electrons. The number of anilines is 2. The van der Waals surface area contributed by atoms with Crippen LogP contribution >= 0.6 is 15.9 Å². The van der Waals surface area contributed by atoms with E-state index in [-0.39, 0.29) is 0 Å². The van der Waals surface area contributed by atoms with E-state index in [0.717, 1.165) is 23.3 Å². The zero-order valence-electron chi connectivity index (χ0n) is 13.9. The zero-order valence-corrected chi connectivity index (χ0v) is 15.5. The fraction of sp³-hybridized carbons (Fsp3) is 0.105. The lowest BCUT2D eigenvalue weighted by molar-refractivity contribution is 0.994. The maximum atomic E-state index is 5.80. The molecule has 6 nitrogen and oxygen atoms in total. The van der Waals surface area contributed by atoms with Gasteiger partial charge in [0.15, 0.2) is 0 Å². The molecule has 0 saturated heterocycles. The van der Waals surface area contributed by atoms with Crippen LogP contribution in [0.3, 0.4) is 0 Å². The van der Waals surface area contributed by atoms with E-state index in [4.69, 9.17) is 5.73 Å². The Morgan fingerprint density at radius 1 is 1.08 bits per heavy atom. The second kappa shape index (κ2) is 7.13. The number of hydrogen-bond acceptors (Lipinski definition) is 5. The minimum Gasteiger partial charge on any atom is -0.383 e. The third-order valence-electron chi connectivity index (χ3n) is 4.17. The van der Waals surface area contributed by atoms with E-state index in [1.54, 1.807) is 0 Å². The summed E-state index contributed by atoms with van der Waals surface area (Å²) in [5.74, 6) is 1.12. The maximum Gasteiger partial charge on any atom is 0.145 e. The van der Waals surface area contributed by atoms with Gasteiger partial charge < -0.3 is 15.5 Å². The highest BCUT2D eigenvalue weighted by atomic mass is 79.9. The number of nitrogens with zero attached hydrogens (tertiary/aromatic N) is 4. The maximum absolute atomic E-state index is 5.80. The molecule has 4 rings (SSSR count). The van der Waals surface area contributed by atoms with Crippen LogP contribution < -0.4 is 11.1 Å². The van der Waals surface area contributed by atoms with Crippen molar-refractivity contribution in [3.05, 3.63) is 71.2 Å². The lowest BCUT2D eigenvalue weighted by atomic mass is 10.1. The van der Waals surface area contributed by atoms with Gasteiger partial charge in [0.25, 0.3) is 0 Å². The lowest BCUT2D eigenvalue weighted by Crippen LogP contribution is -2.08. The number of rotatable bonds is 5. The van der Waals surface area contributed by atoms with Crippen LogP contribution in [0.1, 0.15) is 5.56 Å². The molecule has 0 aliphatic heterocycles. The molecule has 26 heavy (non-hydrogen) atoms. The first kappa shape index (κ1) is 16.5. The smallest absolute Gasteiger partial charge is 0.145 e. The van der Waals surface area contributed by atoms with Gasteiger partial charge in [-0.05, 0) is 58.2 Å². The summed E-state index contributed by atoms with van der Waals surface area (Å²) in [5.41, 5.74) is 10.3. The van der Waals surface area contributed by atoms with Crippen molar-refractivity contribution >= 4 is 33.1 Å². The van der Waals surface area contributed by atoms with Gasteiger partial charge in [0, 0.05) is 24.5 Å². The predicted octanol–water partition coefficient (Wildman–Crippen LogP) is 3.79. The summed E-state index contributed by atoms with van der Waals surface area (Å²) >= 11 is 3.42. The zero-order chi connectivity index (χ0) is 17.9. The Labute approximate surface area is 159 Å². The minimum absolute atomic E-state index is 0.422. The van der Waals surface area contributed by atoms with Crippen LogP contribution in [-0.4, -0.2) is 25.9 Å². The van der Waals surface area contributed by atoms with E-state index < -0.39 is 0 Å². The largest absolute Gasteiger partial charge is 0.383 e. The average molecular weight is 409 g/mol. The van der Waals surface area contributed by atoms with Crippen molar-refractivity contribution in [3.8, 4) is 11.4 Å².